The van der Waals surface area contributed by atoms with Crippen molar-refractivity contribution in [3.63, 3.8) is 0 Å². The molecule has 2 N–H and O–H groups in total. The number of para-hydroxylation sites is 1. The standard InChI is InChI=1S/C20H22N2O5/c1-13-4-3-5-14(2)19(13)27-9-8-18(23)21-22-20(24)15-6-7-16-17(12-15)26-11-10-25-16/h3-7,12H,8-11H2,1-2H3,(H,21,23)(H,22,24). The largest absolute Gasteiger partial charge is 0.493 e. The van der Waals surface area contributed by atoms with E-state index in [2.05, 4.69) is 10.9 Å². The van der Waals surface area contributed by atoms with Gasteiger partial charge in [-0.3, -0.25) is 20.4 Å². The van der Waals surface area contributed by atoms with Gasteiger partial charge in [0.1, 0.15) is 19.0 Å². The molecule has 27 heavy (non-hydrogen) atoms. The van der Waals surface area contributed by atoms with Gasteiger partial charge < -0.3 is 14.2 Å². The number of nitrogens with one attached hydrogen (secondary N) is 2. The fourth-order valence-corrected chi connectivity index (χ4v) is 2.72. The molecule has 2 amide bonds. The van der Waals surface area contributed by atoms with Crippen molar-refractivity contribution in [3.05, 3.63) is 53.1 Å². The summed E-state index contributed by atoms with van der Waals surface area (Å²) in [7, 11) is 0. The van der Waals surface area contributed by atoms with Crippen molar-refractivity contribution in [1.29, 1.82) is 0 Å². The van der Waals surface area contributed by atoms with Crippen LogP contribution in [0.15, 0.2) is 36.4 Å². The fourth-order valence-electron chi connectivity index (χ4n) is 2.72. The number of carbonyl (C=O) groups excluding carboxylic acids is 2. The maximum Gasteiger partial charge on any atom is 0.269 e. The minimum Gasteiger partial charge on any atom is -0.493 e. The van der Waals surface area contributed by atoms with Gasteiger partial charge in [0.15, 0.2) is 11.5 Å². The van der Waals surface area contributed by atoms with E-state index in [1.807, 2.05) is 32.0 Å². The van der Waals surface area contributed by atoms with Crippen LogP contribution in [0.2, 0.25) is 0 Å². The third kappa shape index (κ3) is 4.69. The maximum atomic E-state index is 12.2. The summed E-state index contributed by atoms with van der Waals surface area (Å²) in [6, 6.07) is 10.7. The van der Waals surface area contributed by atoms with E-state index in [-0.39, 0.29) is 18.9 Å². The number of hydrogen-bond donors (Lipinski definition) is 2. The molecule has 7 nitrogen and oxygen atoms in total. The summed E-state index contributed by atoms with van der Waals surface area (Å²) in [5.74, 6) is 1.13. The molecular weight excluding hydrogens is 348 g/mol. The second-order valence-electron chi connectivity index (χ2n) is 6.18. The molecule has 7 heteroatoms. The summed E-state index contributed by atoms with van der Waals surface area (Å²) in [5.41, 5.74) is 7.17. The summed E-state index contributed by atoms with van der Waals surface area (Å²) >= 11 is 0. The molecule has 1 aliphatic rings. The van der Waals surface area contributed by atoms with E-state index in [1.54, 1.807) is 18.2 Å². The third-order valence-corrected chi connectivity index (χ3v) is 4.10. The lowest BCUT2D eigenvalue weighted by molar-refractivity contribution is -0.122. The number of hydrazine groups is 1. The van der Waals surface area contributed by atoms with Crippen molar-refractivity contribution in [2.24, 2.45) is 0 Å². The summed E-state index contributed by atoms with van der Waals surface area (Å²) in [6.45, 7) is 5.05. The van der Waals surface area contributed by atoms with Crippen molar-refractivity contribution in [2.75, 3.05) is 19.8 Å². The van der Waals surface area contributed by atoms with E-state index < -0.39 is 5.91 Å². The molecule has 1 heterocycles. The van der Waals surface area contributed by atoms with Gasteiger partial charge in [0.05, 0.1) is 13.0 Å². The van der Waals surface area contributed by atoms with Crippen molar-refractivity contribution in [1.82, 2.24) is 10.9 Å². The summed E-state index contributed by atoms with van der Waals surface area (Å²) in [5, 5.41) is 0. The molecule has 0 bridgehead atoms. The molecular formula is C20H22N2O5. The highest BCUT2D eigenvalue weighted by molar-refractivity contribution is 5.96. The first-order valence-corrected chi connectivity index (χ1v) is 8.72. The van der Waals surface area contributed by atoms with Crippen LogP contribution in [0.3, 0.4) is 0 Å². The van der Waals surface area contributed by atoms with E-state index in [4.69, 9.17) is 14.2 Å². The lowest BCUT2D eigenvalue weighted by Gasteiger charge is -2.18. The minimum atomic E-state index is -0.434. The smallest absolute Gasteiger partial charge is 0.269 e. The summed E-state index contributed by atoms with van der Waals surface area (Å²) in [4.78, 5) is 24.1. The highest BCUT2D eigenvalue weighted by Gasteiger charge is 2.15. The van der Waals surface area contributed by atoms with Gasteiger partial charge in [0.2, 0.25) is 5.91 Å². The van der Waals surface area contributed by atoms with Crippen molar-refractivity contribution in [3.8, 4) is 17.2 Å². The quantitative estimate of drug-likeness (QED) is 0.789. The number of hydrogen-bond acceptors (Lipinski definition) is 5. The molecule has 0 spiro atoms. The Kier molecular flexibility index (Phi) is 5.80. The van der Waals surface area contributed by atoms with E-state index in [0.717, 1.165) is 16.9 Å². The van der Waals surface area contributed by atoms with E-state index >= 15 is 0 Å². The van der Waals surface area contributed by atoms with Crippen LogP contribution >= 0.6 is 0 Å². The van der Waals surface area contributed by atoms with Crippen LogP contribution in [0, 0.1) is 13.8 Å². The predicted molar refractivity (Wildman–Crippen MR) is 99.1 cm³/mol. The van der Waals surface area contributed by atoms with Crippen LogP contribution in [0.4, 0.5) is 0 Å². The Morgan fingerprint density at radius 3 is 2.44 bits per heavy atom. The maximum absolute atomic E-state index is 12.2. The second-order valence-corrected chi connectivity index (χ2v) is 6.18. The molecule has 2 aromatic rings. The van der Waals surface area contributed by atoms with Crippen molar-refractivity contribution in [2.45, 2.75) is 20.3 Å². The molecule has 2 aromatic carbocycles. The van der Waals surface area contributed by atoms with Crippen molar-refractivity contribution >= 4 is 11.8 Å². The molecule has 0 saturated heterocycles. The fraction of sp³-hybridized carbons (Fsp3) is 0.300. The SMILES string of the molecule is Cc1cccc(C)c1OCCC(=O)NNC(=O)c1ccc2c(c1)OCCO2. The van der Waals surface area contributed by atoms with E-state index in [1.165, 1.54) is 0 Å². The number of aryl methyl sites for hydroxylation is 2. The van der Waals surface area contributed by atoms with Gasteiger partial charge in [-0.1, -0.05) is 18.2 Å². The highest BCUT2D eigenvalue weighted by Crippen LogP contribution is 2.30. The van der Waals surface area contributed by atoms with Crippen molar-refractivity contribution < 1.29 is 23.8 Å². The number of benzene rings is 2. The number of rotatable bonds is 5. The topological polar surface area (TPSA) is 85.9 Å². The first kappa shape index (κ1) is 18.6. The lowest BCUT2D eigenvalue weighted by atomic mass is 10.1. The zero-order chi connectivity index (χ0) is 19.2. The molecule has 1 aliphatic heterocycles. The van der Waals surface area contributed by atoms with E-state index in [0.29, 0.717) is 30.3 Å². The van der Waals surface area contributed by atoms with Gasteiger partial charge in [0, 0.05) is 5.56 Å². The molecule has 0 aliphatic carbocycles. The second kappa shape index (κ2) is 8.44. The average molecular weight is 370 g/mol. The molecule has 3 rings (SSSR count). The molecule has 142 valence electrons. The first-order valence-electron chi connectivity index (χ1n) is 8.72. The highest BCUT2D eigenvalue weighted by atomic mass is 16.6. The molecule has 0 atom stereocenters. The molecule has 0 saturated carbocycles. The normalized spacial score (nSPS) is 12.2. The van der Waals surface area contributed by atoms with Crippen LogP contribution < -0.4 is 25.1 Å². The monoisotopic (exact) mass is 370 g/mol. The first-order chi connectivity index (χ1) is 13.0. The minimum absolute atomic E-state index is 0.120. The van der Waals surface area contributed by atoms with Gasteiger partial charge in [-0.15, -0.1) is 0 Å². The Balaban J connectivity index is 1.45. The van der Waals surface area contributed by atoms with Gasteiger partial charge in [0.25, 0.3) is 5.91 Å². The number of amides is 2. The Morgan fingerprint density at radius 1 is 1.00 bits per heavy atom. The Hall–Kier alpha value is -3.22. The summed E-state index contributed by atoms with van der Waals surface area (Å²) < 4.78 is 16.5. The van der Waals surface area contributed by atoms with Crippen LogP contribution in [0.5, 0.6) is 17.2 Å². The van der Waals surface area contributed by atoms with E-state index in [9.17, 15) is 9.59 Å². The summed E-state index contributed by atoms with van der Waals surface area (Å²) in [6.07, 6.45) is 0.120. The number of carbonyl (C=O) groups is 2. The van der Waals surface area contributed by atoms with Gasteiger partial charge in [-0.25, -0.2) is 0 Å². The van der Waals surface area contributed by atoms with Gasteiger partial charge in [-0.2, -0.15) is 0 Å². The van der Waals surface area contributed by atoms with Crippen LogP contribution in [0.25, 0.3) is 0 Å². The molecule has 0 aromatic heterocycles. The Labute approximate surface area is 157 Å². The van der Waals surface area contributed by atoms with Crippen LogP contribution in [-0.4, -0.2) is 31.6 Å². The zero-order valence-corrected chi connectivity index (χ0v) is 15.3. The lowest BCUT2D eigenvalue weighted by Crippen LogP contribution is -2.42. The predicted octanol–water partition coefficient (Wildman–Crippen LogP) is 2.30. The van der Waals surface area contributed by atoms with Gasteiger partial charge in [-0.05, 0) is 43.2 Å². The average Bonchev–Trinajstić information content (AvgIpc) is 2.68. The number of fused-ring (bicyclic) bond motifs is 1. The Bertz CT molecular complexity index is 830. The van der Waals surface area contributed by atoms with Crippen LogP contribution in [-0.2, 0) is 4.79 Å². The Morgan fingerprint density at radius 2 is 1.70 bits per heavy atom. The zero-order valence-electron chi connectivity index (χ0n) is 15.3. The number of ether oxygens (including phenoxy) is 3. The third-order valence-electron chi connectivity index (χ3n) is 4.10. The molecule has 0 unspecified atom stereocenters. The van der Waals surface area contributed by atoms with Gasteiger partial charge >= 0.3 is 0 Å². The van der Waals surface area contributed by atoms with Crippen LogP contribution in [0.1, 0.15) is 27.9 Å². The molecule has 0 radical (unpaired) electrons. The molecule has 0 fully saturated rings.